The number of hydrogen-bond donors (Lipinski definition) is 1. The van der Waals surface area contributed by atoms with Crippen LogP contribution in [0.5, 0.6) is 0 Å². The van der Waals surface area contributed by atoms with Crippen molar-refractivity contribution in [1.29, 1.82) is 0 Å². The van der Waals surface area contributed by atoms with Crippen LogP contribution in [-0.2, 0) is 6.54 Å². The highest BCUT2D eigenvalue weighted by Gasteiger charge is 2.25. The van der Waals surface area contributed by atoms with Crippen molar-refractivity contribution >= 4 is 23.1 Å². The predicted octanol–water partition coefficient (Wildman–Crippen LogP) is 2.50. The molecule has 2 atom stereocenters. The molecule has 1 fully saturated rings. The zero-order valence-electron chi connectivity index (χ0n) is 11.2. The molecule has 104 valence electrons. The average Bonchev–Trinajstić information content (AvgIpc) is 2.34. The van der Waals surface area contributed by atoms with Crippen LogP contribution in [0.15, 0.2) is 18.2 Å². The Kier molecular flexibility index (Phi) is 4.31. The maximum atomic E-state index is 10.7. The Labute approximate surface area is 117 Å². The van der Waals surface area contributed by atoms with Crippen molar-refractivity contribution in [2.75, 3.05) is 18.0 Å². The number of nitrogen functional groups attached to an aromatic ring is 1. The van der Waals surface area contributed by atoms with E-state index in [2.05, 4.69) is 18.7 Å². The monoisotopic (exact) mass is 281 g/mol. The molecule has 0 radical (unpaired) electrons. The van der Waals surface area contributed by atoms with Crippen molar-refractivity contribution in [2.24, 2.45) is 0 Å². The molecule has 2 N–H and O–H groups in total. The highest BCUT2D eigenvalue weighted by Crippen LogP contribution is 2.27. The second kappa shape index (κ2) is 5.79. The molecule has 6 heteroatoms. The average molecular weight is 281 g/mol. The zero-order valence-corrected chi connectivity index (χ0v) is 12.0. The van der Waals surface area contributed by atoms with E-state index in [1.807, 2.05) is 11.8 Å². The van der Waals surface area contributed by atoms with Crippen LogP contribution in [0, 0.1) is 10.1 Å². The van der Waals surface area contributed by atoms with Crippen LogP contribution >= 0.6 is 11.8 Å². The number of anilines is 1. The fourth-order valence-corrected chi connectivity index (χ4v) is 3.48. The van der Waals surface area contributed by atoms with Gasteiger partial charge in [-0.25, -0.2) is 0 Å². The SMILES string of the molecule is CC1SCCN(Cc2ccc([N+](=O)[O-])c(N)c2)C1C. The van der Waals surface area contributed by atoms with E-state index in [-0.39, 0.29) is 11.4 Å². The first-order chi connectivity index (χ1) is 8.99. The van der Waals surface area contributed by atoms with Gasteiger partial charge in [-0.15, -0.1) is 0 Å². The topological polar surface area (TPSA) is 72.4 Å². The minimum atomic E-state index is -0.443. The molecule has 1 saturated heterocycles. The molecule has 0 saturated carbocycles. The number of nitro benzene ring substituents is 1. The third-order valence-corrected chi connectivity index (χ3v) is 5.03. The number of thioether (sulfide) groups is 1. The van der Waals surface area contributed by atoms with Crippen LogP contribution in [-0.4, -0.2) is 33.4 Å². The van der Waals surface area contributed by atoms with Crippen molar-refractivity contribution in [1.82, 2.24) is 4.90 Å². The second-order valence-electron chi connectivity index (χ2n) is 4.94. The van der Waals surface area contributed by atoms with E-state index in [4.69, 9.17) is 5.73 Å². The first kappa shape index (κ1) is 14.1. The first-order valence-electron chi connectivity index (χ1n) is 6.37. The number of hydrogen-bond acceptors (Lipinski definition) is 5. The van der Waals surface area contributed by atoms with Crippen LogP contribution in [0.2, 0.25) is 0 Å². The van der Waals surface area contributed by atoms with Gasteiger partial charge in [-0.05, 0) is 18.6 Å². The largest absolute Gasteiger partial charge is 0.393 e. The molecule has 0 spiro atoms. The highest BCUT2D eigenvalue weighted by molar-refractivity contribution is 8.00. The maximum Gasteiger partial charge on any atom is 0.292 e. The van der Waals surface area contributed by atoms with E-state index in [1.165, 1.54) is 6.07 Å². The van der Waals surface area contributed by atoms with Crippen molar-refractivity contribution in [3.05, 3.63) is 33.9 Å². The fraction of sp³-hybridized carbons (Fsp3) is 0.538. The van der Waals surface area contributed by atoms with Gasteiger partial charge in [-0.2, -0.15) is 11.8 Å². The molecule has 2 rings (SSSR count). The summed E-state index contributed by atoms with van der Waals surface area (Å²) in [6.07, 6.45) is 0. The standard InChI is InChI=1S/C13H19N3O2S/c1-9-10(2)19-6-5-15(9)8-11-3-4-13(16(17)18)12(14)7-11/h3-4,7,9-10H,5-6,8,14H2,1-2H3. The third kappa shape index (κ3) is 3.19. The van der Waals surface area contributed by atoms with Gasteiger partial charge in [0.15, 0.2) is 0 Å². The summed E-state index contributed by atoms with van der Waals surface area (Å²) in [5.41, 5.74) is 6.99. The lowest BCUT2D eigenvalue weighted by atomic mass is 10.1. The van der Waals surface area contributed by atoms with Gasteiger partial charge in [0.2, 0.25) is 0 Å². The number of nitrogens with two attached hydrogens (primary N) is 1. The Hall–Kier alpha value is -1.27. The molecule has 0 bridgehead atoms. The van der Waals surface area contributed by atoms with Gasteiger partial charge in [0.1, 0.15) is 5.69 Å². The molecule has 0 amide bonds. The van der Waals surface area contributed by atoms with Crippen molar-refractivity contribution in [3.63, 3.8) is 0 Å². The molecular formula is C13H19N3O2S. The summed E-state index contributed by atoms with van der Waals surface area (Å²) in [7, 11) is 0. The van der Waals surface area contributed by atoms with Crippen LogP contribution in [0.4, 0.5) is 11.4 Å². The molecule has 2 unspecified atom stereocenters. The molecule has 19 heavy (non-hydrogen) atoms. The summed E-state index contributed by atoms with van der Waals surface area (Å²) in [6, 6.07) is 5.53. The van der Waals surface area contributed by atoms with Crippen molar-refractivity contribution < 1.29 is 4.92 Å². The number of rotatable bonds is 3. The summed E-state index contributed by atoms with van der Waals surface area (Å²) < 4.78 is 0. The van der Waals surface area contributed by atoms with E-state index < -0.39 is 4.92 Å². The molecule has 1 aromatic carbocycles. The normalized spacial score (nSPS) is 24.3. The lowest BCUT2D eigenvalue weighted by molar-refractivity contribution is -0.383. The van der Waals surface area contributed by atoms with Gasteiger partial charge in [0.05, 0.1) is 4.92 Å². The molecule has 1 aliphatic heterocycles. The van der Waals surface area contributed by atoms with Crippen LogP contribution in [0.3, 0.4) is 0 Å². The number of benzene rings is 1. The lowest BCUT2D eigenvalue weighted by Gasteiger charge is -2.37. The van der Waals surface area contributed by atoms with Crippen molar-refractivity contribution in [3.8, 4) is 0 Å². The van der Waals surface area contributed by atoms with Gasteiger partial charge < -0.3 is 5.73 Å². The summed E-state index contributed by atoms with van der Waals surface area (Å²) in [4.78, 5) is 12.7. The quantitative estimate of drug-likeness (QED) is 0.523. The Balaban J connectivity index is 2.11. The minimum Gasteiger partial charge on any atom is -0.393 e. The number of nitro groups is 1. The Bertz CT molecular complexity index is 481. The summed E-state index contributed by atoms with van der Waals surface area (Å²) >= 11 is 1.99. The van der Waals surface area contributed by atoms with E-state index in [1.54, 1.807) is 12.1 Å². The van der Waals surface area contributed by atoms with E-state index >= 15 is 0 Å². The van der Waals surface area contributed by atoms with Crippen LogP contribution < -0.4 is 5.73 Å². The first-order valence-corrected chi connectivity index (χ1v) is 7.42. The lowest BCUT2D eigenvalue weighted by Crippen LogP contribution is -2.43. The molecule has 1 aliphatic rings. The predicted molar refractivity (Wildman–Crippen MR) is 79.3 cm³/mol. The van der Waals surface area contributed by atoms with Crippen LogP contribution in [0.1, 0.15) is 19.4 Å². The molecule has 0 aliphatic carbocycles. The summed E-state index contributed by atoms with van der Waals surface area (Å²) in [5, 5.41) is 11.3. The Morgan fingerprint density at radius 1 is 1.53 bits per heavy atom. The summed E-state index contributed by atoms with van der Waals surface area (Å²) in [6.45, 7) is 6.32. The van der Waals surface area contributed by atoms with Gasteiger partial charge >= 0.3 is 0 Å². The maximum absolute atomic E-state index is 10.7. The van der Waals surface area contributed by atoms with Crippen LogP contribution in [0.25, 0.3) is 0 Å². The molecule has 5 nitrogen and oxygen atoms in total. The van der Waals surface area contributed by atoms with E-state index in [0.29, 0.717) is 11.3 Å². The third-order valence-electron chi connectivity index (χ3n) is 3.69. The van der Waals surface area contributed by atoms with E-state index in [9.17, 15) is 10.1 Å². The molecule has 1 heterocycles. The van der Waals surface area contributed by atoms with Gasteiger partial charge in [-0.1, -0.05) is 13.0 Å². The Morgan fingerprint density at radius 2 is 2.26 bits per heavy atom. The molecular weight excluding hydrogens is 262 g/mol. The fourth-order valence-electron chi connectivity index (χ4n) is 2.32. The number of nitrogens with zero attached hydrogens (tertiary/aromatic N) is 2. The molecule has 1 aromatic rings. The van der Waals surface area contributed by atoms with Gasteiger partial charge in [-0.3, -0.25) is 15.0 Å². The van der Waals surface area contributed by atoms with Gasteiger partial charge in [0, 0.05) is 36.2 Å². The highest BCUT2D eigenvalue weighted by atomic mass is 32.2. The Morgan fingerprint density at radius 3 is 2.89 bits per heavy atom. The van der Waals surface area contributed by atoms with Crippen molar-refractivity contribution in [2.45, 2.75) is 31.7 Å². The van der Waals surface area contributed by atoms with Gasteiger partial charge in [0.25, 0.3) is 5.69 Å². The summed E-state index contributed by atoms with van der Waals surface area (Å²) in [5.74, 6) is 1.13. The second-order valence-corrected chi connectivity index (χ2v) is 6.42. The van der Waals surface area contributed by atoms with E-state index in [0.717, 1.165) is 24.4 Å². The smallest absolute Gasteiger partial charge is 0.292 e. The molecule has 0 aromatic heterocycles. The minimum absolute atomic E-state index is 0.0145. The zero-order chi connectivity index (χ0) is 14.0.